The Bertz CT molecular complexity index is 1300. The Labute approximate surface area is 198 Å². The minimum atomic E-state index is -0.220. The van der Waals surface area contributed by atoms with E-state index in [1.54, 1.807) is 35.2 Å². The molecule has 0 aliphatic rings. The van der Waals surface area contributed by atoms with Gasteiger partial charge in [0.15, 0.2) is 6.61 Å². The van der Waals surface area contributed by atoms with E-state index in [4.69, 9.17) is 9.47 Å². The number of rotatable bonds is 9. The zero-order valence-electron chi connectivity index (χ0n) is 19.2. The number of fused-ring (bicyclic) bond motifs is 1. The molecule has 0 aliphatic carbocycles. The predicted molar refractivity (Wildman–Crippen MR) is 131 cm³/mol. The largest absolute Gasteiger partial charge is 0.489 e. The standard InChI is InChI=1S/C27H27N3O4/c1-19(2)30(16-25-28-24-11-7-6-10-23(24)27(32)29-25)26(31)18-34-22-14-12-21(13-15-22)33-17-20-8-4-3-5-9-20/h3-15,19H,16-18H2,1-2H3,(H,28,29,32). The van der Waals surface area contributed by atoms with Crippen LogP contribution in [0.1, 0.15) is 25.2 Å². The van der Waals surface area contributed by atoms with Crippen molar-refractivity contribution in [2.75, 3.05) is 6.61 Å². The minimum Gasteiger partial charge on any atom is -0.489 e. The van der Waals surface area contributed by atoms with Crippen molar-refractivity contribution >= 4 is 16.8 Å². The molecule has 0 spiro atoms. The first-order valence-corrected chi connectivity index (χ1v) is 11.2. The minimum absolute atomic E-state index is 0.0957. The number of benzene rings is 3. The topological polar surface area (TPSA) is 84.5 Å². The van der Waals surface area contributed by atoms with Crippen molar-refractivity contribution in [3.05, 3.63) is 101 Å². The van der Waals surface area contributed by atoms with Crippen LogP contribution in [0.3, 0.4) is 0 Å². The first kappa shape index (κ1) is 23.0. The van der Waals surface area contributed by atoms with Crippen molar-refractivity contribution in [3.8, 4) is 11.5 Å². The Morgan fingerprint density at radius 3 is 2.26 bits per heavy atom. The van der Waals surface area contributed by atoms with Gasteiger partial charge in [-0.1, -0.05) is 42.5 Å². The molecule has 0 atom stereocenters. The normalized spacial score (nSPS) is 10.9. The second-order valence-corrected chi connectivity index (χ2v) is 8.18. The van der Waals surface area contributed by atoms with Crippen molar-refractivity contribution in [1.82, 2.24) is 14.9 Å². The summed E-state index contributed by atoms with van der Waals surface area (Å²) in [5.41, 5.74) is 1.47. The molecule has 4 rings (SSSR count). The van der Waals surface area contributed by atoms with E-state index >= 15 is 0 Å². The molecule has 0 saturated heterocycles. The monoisotopic (exact) mass is 457 g/mol. The Balaban J connectivity index is 1.35. The number of hydrogen-bond acceptors (Lipinski definition) is 5. The van der Waals surface area contributed by atoms with Gasteiger partial charge >= 0.3 is 0 Å². The highest BCUT2D eigenvalue weighted by Crippen LogP contribution is 2.19. The third-order valence-corrected chi connectivity index (χ3v) is 5.36. The molecule has 0 unspecified atom stereocenters. The molecule has 3 aromatic carbocycles. The van der Waals surface area contributed by atoms with Gasteiger partial charge in [-0.25, -0.2) is 4.98 Å². The average molecular weight is 458 g/mol. The lowest BCUT2D eigenvalue weighted by Gasteiger charge is -2.26. The highest BCUT2D eigenvalue weighted by Gasteiger charge is 2.19. The molecule has 1 heterocycles. The molecule has 34 heavy (non-hydrogen) atoms. The lowest BCUT2D eigenvalue weighted by Crippen LogP contribution is -2.40. The van der Waals surface area contributed by atoms with E-state index < -0.39 is 0 Å². The maximum atomic E-state index is 12.9. The highest BCUT2D eigenvalue weighted by molar-refractivity contribution is 5.79. The summed E-state index contributed by atoms with van der Waals surface area (Å²) in [6.07, 6.45) is 0. The number of H-pyrrole nitrogens is 1. The molecular weight excluding hydrogens is 430 g/mol. The van der Waals surface area contributed by atoms with Crippen LogP contribution in [0.25, 0.3) is 10.9 Å². The number of carbonyl (C=O) groups is 1. The number of aromatic amines is 1. The molecule has 1 amide bonds. The summed E-state index contributed by atoms with van der Waals surface area (Å²) in [7, 11) is 0. The van der Waals surface area contributed by atoms with E-state index in [2.05, 4.69) is 9.97 Å². The maximum absolute atomic E-state index is 12.9. The fraction of sp³-hybridized carbons (Fsp3) is 0.222. The van der Waals surface area contributed by atoms with Gasteiger partial charge < -0.3 is 19.4 Å². The predicted octanol–water partition coefficient (Wildman–Crippen LogP) is 4.32. The number of nitrogens with zero attached hydrogens (tertiary/aromatic N) is 2. The van der Waals surface area contributed by atoms with E-state index in [1.807, 2.05) is 62.4 Å². The maximum Gasteiger partial charge on any atom is 0.261 e. The summed E-state index contributed by atoms with van der Waals surface area (Å²) < 4.78 is 11.5. The zero-order valence-corrected chi connectivity index (χ0v) is 19.2. The van der Waals surface area contributed by atoms with Gasteiger partial charge in [0.05, 0.1) is 17.4 Å². The van der Waals surface area contributed by atoms with Gasteiger partial charge in [-0.15, -0.1) is 0 Å². The van der Waals surface area contributed by atoms with E-state index in [0.29, 0.717) is 29.1 Å². The summed E-state index contributed by atoms with van der Waals surface area (Å²) in [5.74, 6) is 1.53. The first-order chi connectivity index (χ1) is 16.5. The van der Waals surface area contributed by atoms with E-state index in [-0.39, 0.29) is 30.7 Å². The number of nitrogens with one attached hydrogen (secondary N) is 1. The van der Waals surface area contributed by atoms with Gasteiger partial charge in [0.25, 0.3) is 11.5 Å². The molecule has 0 radical (unpaired) electrons. The third-order valence-electron chi connectivity index (χ3n) is 5.36. The second kappa shape index (κ2) is 10.7. The molecule has 174 valence electrons. The van der Waals surface area contributed by atoms with E-state index in [1.165, 1.54) is 0 Å². The number of ether oxygens (including phenoxy) is 2. The fourth-order valence-electron chi connectivity index (χ4n) is 3.53. The summed E-state index contributed by atoms with van der Waals surface area (Å²) >= 11 is 0. The summed E-state index contributed by atoms with van der Waals surface area (Å²) in [4.78, 5) is 34.2. The Kier molecular flexibility index (Phi) is 7.22. The van der Waals surface area contributed by atoms with Crippen molar-refractivity contribution in [3.63, 3.8) is 0 Å². The van der Waals surface area contributed by atoms with Crippen LogP contribution >= 0.6 is 0 Å². The molecule has 0 aliphatic heterocycles. The molecule has 0 fully saturated rings. The van der Waals surface area contributed by atoms with Gasteiger partial charge in [0.1, 0.15) is 23.9 Å². The Hall–Kier alpha value is -4.13. The SMILES string of the molecule is CC(C)N(Cc1nc2ccccc2c(=O)[nH]1)C(=O)COc1ccc(OCc2ccccc2)cc1. The molecule has 0 bridgehead atoms. The van der Waals surface area contributed by atoms with Crippen LogP contribution in [0, 0.1) is 0 Å². The molecule has 4 aromatic rings. The molecular formula is C27H27N3O4. The van der Waals surface area contributed by atoms with Crippen LogP contribution in [0.2, 0.25) is 0 Å². The Morgan fingerprint density at radius 2 is 1.56 bits per heavy atom. The number of amides is 1. The first-order valence-electron chi connectivity index (χ1n) is 11.2. The van der Waals surface area contributed by atoms with Gasteiger partial charge in [-0.05, 0) is 55.8 Å². The molecule has 1 aromatic heterocycles. The van der Waals surface area contributed by atoms with Crippen LogP contribution < -0.4 is 15.0 Å². The van der Waals surface area contributed by atoms with Crippen molar-refractivity contribution in [1.29, 1.82) is 0 Å². The highest BCUT2D eigenvalue weighted by atomic mass is 16.5. The second-order valence-electron chi connectivity index (χ2n) is 8.18. The Morgan fingerprint density at radius 1 is 0.912 bits per heavy atom. The lowest BCUT2D eigenvalue weighted by atomic mass is 10.2. The quantitative estimate of drug-likeness (QED) is 0.405. The van der Waals surface area contributed by atoms with E-state index in [0.717, 1.165) is 11.3 Å². The van der Waals surface area contributed by atoms with Gasteiger partial charge in [0.2, 0.25) is 0 Å². The number of aromatic nitrogens is 2. The molecule has 7 heteroatoms. The van der Waals surface area contributed by atoms with Crippen LogP contribution in [0.4, 0.5) is 0 Å². The number of carbonyl (C=O) groups excluding carboxylic acids is 1. The van der Waals surface area contributed by atoms with Crippen LogP contribution in [-0.4, -0.2) is 33.4 Å². The van der Waals surface area contributed by atoms with Crippen molar-refractivity contribution < 1.29 is 14.3 Å². The molecule has 1 N–H and O–H groups in total. The zero-order chi connectivity index (χ0) is 23.9. The number of hydrogen-bond donors (Lipinski definition) is 1. The number of para-hydroxylation sites is 1. The summed E-state index contributed by atoms with van der Waals surface area (Å²) in [6, 6.07) is 24.1. The molecule has 0 saturated carbocycles. The van der Waals surface area contributed by atoms with Gasteiger partial charge in [0, 0.05) is 6.04 Å². The fourth-order valence-corrected chi connectivity index (χ4v) is 3.53. The van der Waals surface area contributed by atoms with Crippen LogP contribution in [0.15, 0.2) is 83.7 Å². The van der Waals surface area contributed by atoms with Crippen molar-refractivity contribution in [2.45, 2.75) is 33.0 Å². The van der Waals surface area contributed by atoms with Crippen LogP contribution in [0.5, 0.6) is 11.5 Å². The van der Waals surface area contributed by atoms with Gasteiger partial charge in [-0.3, -0.25) is 9.59 Å². The van der Waals surface area contributed by atoms with Crippen LogP contribution in [-0.2, 0) is 17.9 Å². The van der Waals surface area contributed by atoms with Gasteiger partial charge in [-0.2, -0.15) is 0 Å². The smallest absolute Gasteiger partial charge is 0.261 e. The van der Waals surface area contributed by atoms with E-state index in [9.17, 15) is 9.59 Å². The summed E-state index contributed by atoms with van der Waals surface area (Å²) in [5, 5.41) is 0.521. The molecule has 7 nitrogen and oxygen atoms in total. The summed E-state index contributed by atoms with van der Waals surface area (Å²) in [6.45, 7) is 4.37. The lowest BCUT2D eigenvalue weighted by molar-refractivity contribution is -0.135. The average Bonchev–Trinajstić information content (AvgIpc) is 2.86. The third kappa shape index (κ3) is 5.81. The van der Waals surface area contributed by atoms with Crippen molar-refractivity contribution in [2.24, 2.45) is 0 Å².